The Hall–Kier alpha value is -3.92. The summed E-state index contributed by atoms with van der Waals surface area (Å²) in [6.07, 6.45) is 1.53. The van der Waals surface area contributed by atoms with E-state index in [9.17, 15) is 0 Å². The quantitative estimate of drug-likeness (QED) is 0.317. The van der Waals surface area contributed by atoms with Crippen molar-refractivity contribution in [3.8, 4) is 11.5 Å². The van der Waals surface area contributed by atoms with Crippen molar-refractivity contribution < 1.29 is 9.47 Å². The third-order valence-corrected chi connectivity index (χ3v) is 5.72. The van der Waals surface area contributed by atoms with E-state index in [-0.39, 0.29) is 0 Å². The number of nitrogens with zero attached hydrogens (tertiary/aromatic N) is 2. The molecule has 2 aromatic heterocycles. The van der Waals surface area contributed by atoms with Crippen molar-refractivity contribution in [1.29, 1.82) is 0 Å². The smallest absolute Gasteiger partial charge is 0.118 e. The normalized spacial score (nSPS) is 11.1. The van der Waals surface area contributed by atoms with Crippen molar-refractivity contribution >= 4 is 21.8 Å². The van der Waals surface area contributed by atoms with Crippen LogP contribution in [-0.2, 0) is 12.8 Å². The van der Waals surface area contributed by atoms with E-state index in [1.54, 1.807) is 14.2 Å². The van der Waals surface area contributed by atoms with Gasteiger partial charge in [0.1, 0.15) is 11.5 Å². The second kappa shape index (κ2) is 8.67. The first-order valence-corrected chi connectivity index (χ1v) is 10.7. The van der Waals surface area contributed by atoms with Crippen LogP contribution in [0.2, 0.25) is 0 Å². The Bertz CT molecular complexity index is 1270. The molecule has 158 valence electrons. The Morgan fingerprint density at radius 3 is 1.25 bits per heavy atom. The van der Waals surface area contributed by atoms with Crippen LogP contribution in [0.25, 0.3) is 21.8 Å². The molecule has 0 fully saturated rings. The summed E-state index contributed by atoms with van der Waals surface area (Å²) in [5.74, 6) is 1.72. The van der Waals surface area contributed by atoms with E-state index in [2.05, 4.69) is 60.7 Å². The fourth-order valence-corrected chi connectivity index (χ4v) is 3.95. The molecule has 0 saturated heterocycles. The fourth-order valence-electron chi connectivity index (χ4n) is 3.95. The van der Waals surface area contributed by atoms with Crippen LogP contribution in [0.5, 0.6) is 11.5 Å². The van der Waals surface area contributed by atoms with Crippen LogP contribution in [0.3, 0.4) is 0 Å². The summed E-state index contributed by atoms with van der Waals surface area (Å²) in [6.45, 7) is 0. The van der Waals surface area contributed by atoms with Crippen LogP contribution in [0.1, 0.15) is 22.5 Å². The van der Waals surface area contributed by atoms with Gasteiger partial charge in [-0.1, -0.05) is 48.5 Å². The van der Waals surface area contributed by atoms with E-state index in [1.807, 2.05) is 24.3 Å². The highest BCUT2D eigenvalue weighted by molar-refractivity contribution is 6.02. The van der Waals surface area contributed by atoms with Gasteiger partial charge >= 0.3 is 0 Å². The van der Waals surface area contributed by atoms with Gasteiger partial charge in [0.2, 0.25) is 0 Å². The number of rotatable bonds is 6. The second-order valence-corrected chi connectivity index (χ2v) is 7.86. The number of hydrogen-bond acceptors (Lipinski definition) is 4. The van der Waals surface area contributed by atoms with Crippen molar-refractivity contribution in [1.82, 2.24) is 9.97 Å². The zero-order valence-corrected chi connectivity index (χ0v) is 18.2. The topological polar surface area (TPSA) is 44.2 Å². The largest absolute Gasteiger partial charge is 0.497 e. The highest BCUT2D eigenvalue weighted by Gasteiger charge is 2.08. The minimum absolute atomic E-state index is 0.766. The number of ether oxygens (including phenoxy) is 2. The molecule has 0 atom stereocenters. The lowest BCUT2D eigenvalue weighted by atomic mass is 10.0. The van der Waals surface area contributed by atoms with Gasteiger partial charge in [0.15, 0.2) is 0 Å². The molecule has 0 aliphatic carbocycles. The first-order valence-electron chi connectivity index (χ1n) is 10.7. The Morgan fingerprint density at radius 2 is 0.875 bits per heavy atom. The summed E-state index contributed by atoms with van der Waals surface area (Å²) in [4.78, 5) is 10.0. The van der Waals surface area contributed by atoms with Gasteiger partial charge in [-0.25, -0.2) is 0 Å². The van der Waals surface area contributed by atoms with Gasteiger partial charge in [-0.05, 0) is 47.5 Å². The highest BCUT2D eigenvalue weighted by atomic mass is 16.5. The van der Waals surface area contributed by atoms with Crippen molar-refractivity contribution in [2.24, 2.45) is 0 Å². The summed E-state index contributed by atoms with van der Waals surface area (Å²) in [5, 5.41) is 2.20. The van der Waals surface area contributed by atoms with Gasteiger partial charge in [0.25, 0.3) is 0 Å². The van der Waals surface area contributed by atoms with Gasteiger partial charge in [-0.15, -0.1) is 0 Å². The van der Waals surface area contributed by atoms with Gasteiger partial charge < -0.3 is 9.47 Å². The standard InChI is InChI=1S/C28H24N2O2/c1-31-25-13-3-19(4-14-25)17-23-11-9-21-7-8-22-10-12-24(30-28(22)27(21)29-23)18-20-5-15-26(32-2)16-6-20/h3-16H,17-18H2,1-2H3. The highest BCUT2D eigenvalue weighted by Crippen LogP contribution is 2.25. The molecular formula is C28H24N2O2. The average Bonchev–Trinajstić information content (AvgIpc) is 2.85. The Kier molecular flexibility index (Phi) is 5.42. The predicted octanol–water partition coefficient (Wildman–Crippen LogP) is 5.98. The molecule has 2 heterocycles. The van der Waals surface area contributed by atoms with Gasteiger partial charge in [0.05, 0.1) is 25.3 Å². The molecular weight excluding hydrogens is 396 g/mol. The molecule has 0 N–H and O–H groups in total. The number of fused-ring (bicyclic) bond motifs is 3. The lowest BCUT2D eigenvalue weighted by Crippen LogP contribution is -1.97. The maximum atomic E-state index is 5.26. The number of methoxy groups -OCH3 is 2. The predicted molar refractivity (Wildman–Crippen MR) is 129 cm³/mol. The third kappa shape index (κ3) is 4.12. The zero-order valence-electron chi connectivity index (χ0n) is 18.2. The molecule has 0 aliphatic rings. The van der Waals surface area contributed by atoms with Crippen LogP contribution in [0, 0.1) is 0 Å². The first kappa shape index (κ1) is 20.0. The minimum atomic E-state index is 0.766. The number of pyridine rings is 2. The van der Waals surface area contributed by atoms with Crippen LogP contribution in [0.4, 0.5) is 0 Å². The molecule has 0 bridgehead atoms. The van der Waals surface area contributed by atoms with E-state index >= 15 is 0 Å². The zero-order chi connectivity index (χ0) is 21.9. The van der Waals surface area contributed by atoms with Crippen molar-refractivity contribution in [3.63, 3.8) is 0 Å². The second-order valence-electron chi connectivity index (χ2n) is 7.86. The summed E-state index contributed by atoms with van der Waals surface area (Å²) in [7, 11) is 3.36. The van der Waals surface area contributed by atoms with E-state index < -0.39 is 0 Å². The van der Waals surface area contributed by atoms with E-state index in [0.29, 0.717) is 0 Å². The Labute approximate surface area is 187 Å². The van der Waals surface area contributed by atoms with Crippen molar-refractivity contribution in [3.05, 3.63) is 107 Å². The molecule has 0 aliphatic heterocycles. The molecule has 5 aromatic rings. The Balaban J connectivity index is 1.49. The van der Waals surface area contributed by atoms with Gasteiger partial charge in [-0.2, -0.15) is 0 Å². The lowest BCUT2D eigenvalue weighted by molar-refractivity contribution is 0.414. The molecule has 32 heavy (non-hydrogen) atoms. The number of aromatic nitrogens is 2. The molecule has 0 spiro atoms. The Morgan fingerprint density at radius 1 is 0.500 bits per heavy atom. The summed E-state index contributed by atoms with van der Waals surface area (Å²) in [6, 6.07) is 29.0. The van der Waals surface area contributed by atoms with E-state index in [1.165, 1.54) is 11.1 Å². The SMILES string of the molecule is COc1ccc(Cc2ccc3ccc4ccc(Cc5ccc(OC)cc5)nc4c3n2)cc1. The third-order valence-electron chi connectivity index (χ3n) is 5.72. The summed E-state index contributed by atoms with van der Waals surface area (Å²) in [5.41, 5.74) is 6.35. The van der Waals surface area contributed by atoms with Gasteiger partial charge in [0, 0.05) is 35.0 Å². The van der Waals surface area contributed by atoms with E-state index in [4.69, 9.17) is 19.4 Å². The number of benzene rings is 3. The molecule has 4 heteroatoms. The van der Waals surface area contributed by atoms with Crippen LogP contribution in [0.15, 0.2) is 84.9 Å². The molecule has 5 rings (SSSR count). The lowest BCUT2D eigenvalue weighted by Gasteiger charge is -2.09. The average molecular weight is 421 g/mol. The maximum absolute atomic E-state index is 5.26. The molecule has 0 amide bonds. The van der Waals surface area contributed by atoms with Crippen molar-refractivity contribution in [2.75, 3.05) is 14.2 Å². The van der Waals surface area contributed by atoms with Crippen molar-refractivity contribution in [2.45, 2.75) is 12.8 Å². The number of hydrogen-bond donors (Lipinski definition) is 0. The molecule has 3 aromatic carbocycles. The minimum Gasteiger partial charge on any atom is -0.497 e. The maximum Gasteiger partial charge on any atom is 0.118 e. The van der Waals surface area contributed by atoms with Gasteiger partial charge in [-0.3, -0.25) is 9.97 Å². The monoisotopic (exact) mass is 420 g/mol. The van der Waals surface area contributed by atoms with Crippen LogP contribution >= 0.6 is 0 Å². The fraction of sp³-hybridized carbons (Fsp3) is 0.143. The first-order chi connectivity index (χ1) is 15.7. The van der Waals surface area contributed by atoms with Crippen LogP contribution < -0.4 is 9.47 Å². The molecule has 0 unspecified atom stereocenters. The summed E-state index contributed by atoms with van der Waals surface area (Å²) < 4.78 is 10.5. The van der Waals surface area contributed by atoms with E-state index in [0.717, 1.165) is 57.5 Å². The summed E-state index contributed by atoms with van der Waals surface area (Å²) >= 11 is 0. The molecule has 0 radical (unpaired) electrons. The molecule has 4 nitrogen and oxygen atoms in total. The molecule has 0 saturated carbocycles. The van der Waals surface area contributed by atoms with Crippen LogP contribution in [-0.4, -0.2) is 24.2 Å².